The van der Waals surface area contributed by atoms with Gasteiger partial charge in [0.2, 0.25) is 5.82 Å². The van der Waals surface area contributed by atoms with E-state index >= 15 is 0 Å². The van der Waals surface area contributed by atoms with E-state index in [0.717, 1.165) is 43.1 Å². The van der Waals surface area contributed by atoms with Crippen LogP contribution in [0, 0.1) is 20.8 Å². The van der Waals surface area contributed by atoms with Crippen molar-refractivity contribution in [3.8, 4) is 0 Å². The van der Waals surface area contributed by atoms with Gasteiger partial charge in [0.25, 0.3) is 5.91 Å². The van der Waals surface area contributed by atoms with Crippen LogP contribution in [-0.2, 0) is 13.6 Å². The summed E-state index contributed by atoms with van der Waals surface area (Å²) in [6.07, 6.45) is 2.96. The molecule has 1 aliphatic rings. The van der Waals surface area contributed by atoms with Gasteiger partial charge in [0.15, 0.2) is 0 Å². The summed E-state index contributed by atoms with van der Waals surface area (Å²) in [5, 5.41) is 7.93. The van der Waals surface area contributed by atoms with E-state index in [9.17, 15) is 4.79 Å². The van der Waals surface area contributed by atoms with Gasteiger partial charge in [-0.15, -0.1) is 0 Å². The molecular weight excluding hydrogens is 342 g/mol. The molecule has 0 unspecified atom stereocenters. The van der Waals surface area contributed by atoms with Crippen molar-refractivity contribution < 1.29 is 4.79 Å². The number of amides is 1. The zero-order chi connectivity index (χ0) is 19.7. The van der Waals surface area contributed by atoms with Crippen LogP contribution in [0.2, 0.25) is 0 Å². The lowest BCUT2D eigenvalue weighted by molar-refractivity contribution is 0.0815. The quantitative estimate of drug-likeness (QED) is 0.851. The number of nitrogens with one attached hydrogen (secondary N) is 1. The molecule has 1 N–H and O–H groups in total. The lowest BCUT2D eigenvalue weighted by Crippen LogP contribution is -2.33. The van der Waals surface area contributed by atoms with Gasteiger partial charge < -0.3 is 15.1 Å². The Morgan fingerprint density at radius 2 is 2.04 bits per heavy atom. The highest BCUT2D eigenvalue weighted by Crippen LogP contribution is 2.24. The molecular formula is C19H29N7O. The first-order chi connectivity index (χ1) is 12.8. The van der Waals surface area contributed by atoms with Crippen LogP contribution in [0.5, 0.6) is 0 Å². The Hall–Kier alpha value is -2.48. The van der Waals surface area contributed by atoms with Crippen molar-refractivity contribution >= 4 is 11.7 Å². The van der Waals surface area contributed by atoms with Crippen LogP contribution in [0.15, 0.2) is 6.20 Å². The summed E-state index contributed by atoms with van der Waals surface area (Å²) in [4.78, 5) is 25.0. The van der Waals surface area contributed by atoms with Gasteiger partial charge in [0.1, 0.15) is 5.82 Å². The molecule has 1 saturated heterocycles. The van der Waals surface area contributed by atoms with E-state index in [0.29, 0.717) is 6.04 Å². The van der Waals surface area contributed by atoms with E-state index in [1.165, 1.54) is 16.2 Å². The molecule has 146 valence electrons. The van der Waals surface area contributed by atoms with Crippen LogP contribution in [0.4, 0.5) is 5.82 Å². The van der Waals surface area contributed by atoms with Crippen molar-refractivity contribution in [2.75, 3.05) is 32.1 Å². The third-order valence-corrected chi connectivity index (χ3v) is 5.37. The molecule has 0 radical (unpaired) electrons. The van der Waals surface area contributed by atoms with Gasteiger partial charge in [-0.1, -0.05) is 0 Å². The van der Waals surface area contributed by atoms with Crippen molar-refractivity contribution in [3.63, 3.8) is 0 Å². The number of anilines is 1. The first-order valence-electron chi connectivity index (χ1n) is 9.30. The number of carbonyl (C=O) groups is 1. The number of nitrogens with zero attached hydrogens (tertiary/aromatic N) is 6. The topological polar surface area (TPSA) is 79.2 Å². The second kappa shape index (κ2) is 7.64. The largest absolute Gasteiger partial charge is 0.355 e. The molecule has 1 amide bonds. The maximum absolute atomic E-state index is 12.3. The van der Waals surface area contributed by atoms with Crippen LogP contribution in [-0.4, -0.2) is 63.8 Å². The molecule has 1 atom stereocenters. The first-order valence-corrected chi connectivity index (χ1v) is 9.30. The molecule has 3 heterocycles. The summed E-state index contributed by atoms with van der Waals surface area (Å²) in [5.74, 6) is 0.968. The average Bonchev–Trinajstić information content (AvgIpc) is 3.22. The number of rotatable bonds is 5. The molecule has 0 aliphatic carbocycles. The lowest BCUT2D eigenvalue weighted by Gasteiger charge is -2.22. The maximum atomic E-state index is 12.3. The van der Waals surface area contributed by atoms with Crippen molar-refractivity contribution in [1.82, 2.24) is 30.0 Å². The van der Waals surface area contributed by atoms with Crippen LogP contribution in [0.1, 0.15) is 39.6 Å². The van der Waals surface area contributed by atoms with E-state index in [1.54, 1.807) is 14.1 Å². The highest BCUT2D eigenvalue weighted by Gasteiger charge is 2.26. The Labute approximate surface area is 160 Å². The Kier molecular flexibility index (Phi) is 5.46. The van der Waals surface area contributed by atoms with Gasteiger partial charge >= 0.3 is 0 Å². The first kappa shape index (κ1) is 19.3. The number of hydrogen-bond acceptors (Lipinski definition) is 6. The van der Waals surface area contributed by atoms with Gasteiger partial charge in [0, 0.05) is 69.3 Å². The third kappa shape index (κ3) is 3.95. The number of aryl methyl sites for hydroxylation is 2. The minimum absolute atomic E-state index is 0.166. The summed E-state index contributed by atoms with van der Waals surface area (Å²) < 4.78 is 1.90. The molecule has 0 spiro atoms. The summed E-state index contributed by atoms with van der Waals surface area (Å²) in [7, 11) is 5.40. The highest BCUT2D eigenvalue weighted by molar-refractivity contribution is 5.90. The number of hydrogen-bond donors (Lipinski definition) is 1. The lowest BCUT2D eigenvalue weighted by atomic mass is 10.2. The second-order valence-corrected chi connectivity index (χ2v) is 7.47. The second-order valence-electron chi connectivity index (χ2n) is 7.47. The fourth-order valence-corrected chi connectivity index (χ4v) is 3.31. The Balaban J connectivity index is 1.71. The predicted molar refractivity (Wildman–Crippen MR) is 105 cm³/mol. The predicted octanol–water partition coefficient (Wildman–Crippen LogP) is 1.21. The minimum Gasteiger partial charge on any atom is -0.355 e. The molecule has 0 aromatic carbocycles. The summed E-state index contributed by atoms with van der Waals surface area (Å²) in [6, 6.07) is 0.382. The molecule has 0 bridgehead atoms. The van der Waals surface area contributed by atoms with E-state index in [4.69, 9.17) is 0 Å². The minimum atomic E-state index is -0.166. The molecule has 1 aliphatic heterocycles. The Bertz CT molecular complexity index is 843. The van der Waals surface area contributed by atoms with Gasteiger partial charge in [0.05, 0.1) is 6.20 Å². The van der Waals surface area contributed by atoms with Crippen molar-refractivity contribution in [3.05, 3.63) is 34.5 Å². The molecule has 0 saturated carbocycles. The van der Waals surface area contributed by atoms with Crippen LogP contribution >= 0.6 is 0 Å². The van der Waals surface area contributed by atoms with Crippen molar-refractivity contribution in [2.45, 2.75) is 39.8 Å². The highest BCUT2D eigenvalue weighted by atomic mass is 16.2. The zero-order valence-electron chi connectivity index (χ0n) is 17.1. The molecule has 1 fully saturated rings. The van der Waals surface area contributed by atoms with Crippen LogP contribution < -0.4 is 10.2 Å². The Morgan fingerprint density at radius 3 is 2.67 bits per heavy atom. The van der Waals surface area contributed by atoms with Gasteiger partial charge in [-0.2, -0.15) is 5.10 Å². The van der Waals surface area contributed by atoms with Gasteiger partial charge in [-0.25, -0.2) is 9.97 Å². The van der Waals surface area contributed by atoms with E-state index in [2.05, 4.69) is 32.2 Å². The molecule has 2 aromatic heterocycles. The van der Waals surface area contributed by atoms with E-state index in [-0.39, 0.29) is 11.7 Å². The van der Waals surface area contributed by atoms with Crippen molar-refractivity contribution in [2.24, 2.45) is 7.05 Å². The summed E-state index contributed by atoms with van der Waals surface area (Å²) in [5.41, 5.74) is 4.30. The fourth-order valence-electron chi connectivity index (χ4n) is 3.31. The average molecular weight is 371 g/mol. The van der Waals surface area contributed by atoms with Gasteiger partial charge in [-0.05, 0) is 27.2 Å². The molecule has 8 heteroatoms. The Morgan fingerprint density at radius 1 is 1.30 bits per heavy atom. The molecule has 2 aromatic rings. The standard InChI is InChI=1S/C19H29N7O/c1-12-13(2)22-17(19(27)24(4)5)23-18(12)26-8-7-16(11-26)20-9-15-10-21-25(6)14(15)3/h10,16,20H,7-9,11H2,1-6H3/t16-/m1/s1. The molecule has 27 heavy (non-hydrogen) atoms. The fraction of sp³-hybridized carbons (Fsp3) is 0.579. The van der Waals surface area contributed by atoms with Crippen molar-refractivity contribution in [1.29, 1.82) is 0 Å². The maximum Gasteiger partial charge on any atom is 0.291 e. The molecule has 8 nitrogen and oxygen atoms in total. The monoisotopic (exact) mass is 371 g/mol. The third-order valence-electron chi connectivity index (χ3n) is 5.37. The van der Waals surface area contributed by atoms with Crippen LogP contribution in [0.25, 0.3) is 0 Å². The summed E-state index contributed by atoms with van der Waals surface area (Å²) >= 11 is 0. The smallest absolute Gasteiger partial charge is 0.291 e. The van der Waals surface area contributed by atoms with Gasteiger partial charge in [-0.3, -0.25) is 9.48 Å². The SMILES string of the molecule is Cc1nc(C(=O)N(C)C)nc(N2CC[C@@H](NCc3cnn(C)c3C)C2)c1C. The summed E-state index contributed by atoms with van der Waals surface area (Å²) in [6.45, 7) is 8.63. The molecule has 3 rings (SSSR count). The zero-order valence-corrected chi connectivity index (χ0v) is 17.1. The van der Waals surface area contributed by atoms with E-state index < -0.39 is 0 Å². The van der Waals surface area contributed by atoms with E-state index in [1.807, 2.05) is 31.8 Å². The normalized spacial score (nSPS) is 16.8. The number of carbonyl (C=O) groups excluding carboxylic acids is 1. The number of aromatic nitrogens is 4. The van der Waals surface area contributed by atoms with Crippen LogP contribution in [0.3, 0.4) is 0 Å².